The first kappa shape index (κ1) is 22.1. The molecule has 0 fully saturated rings. The fraction of sp³-hybridized carbons (Fsp3) is 0.143. The predicted octanol–water partition coefficient (Wildman–Crippen LogP) is 4.27. The standard InChI is InChI=1S/C21H16ClFN4O6/c1-29-26-18(21-27-31-9-8-30-21)13-4-2-3-5-15(13)32-19-17(23)20(25-11-24-19)33-16-10-12(28)6-7-14(16)22/h2-7,10-11,28H,8-9H2,1H3/b26-18-. The molecule has 0 bridgehead atoms. The fourth-order valence-electron chi connectivity index (χ4n) is 2.72. The highest BCUT2D eigenvalue weighted by Crippen LogP contribution is 2.35. The SMILES string of the molecule is CO/N=C(\C1=NOCCO1)c1ccccc1Oc1ncnc(Oc2cc(O)ccc2Cl)c1F. The van der Waals surface area contributed by atoms with Crippen molar-refractivity contribution in [2.45, 2.75) is 0 Å². The van der Waals surface area contributed by atoms with Gasteiger partial charge in [0.05, 0.1) is 10.6 Å². The van der Waals surface area contributed by atoms with Gasteiger partial charge in [-0.25, -0.2) is 0 Å². The average molecular weight is 475 g/mol. The van der Waals surface area contributed by atoms with E-state index >= 15 is 4.39 Å². The van der Waals surface area contributed by atoms with E-state index in [1.54, 1.807) is 24.3 Å². The Kier molecular flexibility index (Phi) is 6.69. The molecule has 0 saturated carbocycles. The third-order valence-electron chi connectivity index (χ3n) is 4.14. The number of halogens is 2. The van der Waals surface area contributed by atoms with Crippen LogP contribution >= 0.6 is 11.6 Å². The van der Waals surface area contributed by atoms with E-state index in [4.69, 9.17) is 35.5 Å². The lowest BCUT2D eigenvalue weighted by Crippen LogP contribution is -2.25. The third-order valence-corrected chi connectivity index (χ3v) is 4.45. The highest BCUT2D eigenvalue weighted by atomic mass is 35.5. The molecule has 3 aromatic rings. The molecule has 0 spiro atoms. The molecular weight excluding hydrogens is 459 g/mol. The summed E-state index contributed by atoms with van der Waals surface area (Å²) in [5.41, 5.74) is 0.547. The summed E-state index contributed by atoms with van der Waals surface area (Å²) in [4.78, 5) is 17.6. The van der Waals surface area contributed by atoms with Gasteiger partial charge in [0.2, 0.25) is 5.82 Å². The maximum Gasteiger partial charge on any atom is 0.280 e. The number of benzene rings is 2. The second kappa shape index (κ2) is 10.0. The van der Waals surface area contributed by atoms with Crippen molar-refractivity contribution < 1.29 is 33.4 Å². The number of para-hydroxylation sites is 1. The first-order chi connectivity index (χ1) is 16.1. The van der Waals surface area contributed by atoms with E-state index < -0.39 is 17.6 Å². The van der Waals surface area contributed by atoms with E-state index in [1.165, 1.54) is 25.3 Å². The van der Waals surface area contributed by atoms with Crippen LogP contribution in [-0.4, -0.2) is 47.0 Å². The summed E-state index contributed by atoms with van der Waals surface area (Å²) in [5, 5.41) is 17.6. The second-order valence-electron chi connectivity index (χ2n) is 6.31. The Bertz CT molecular complexity index is 1220. The minimum atomic E-state index is -0.994. The summed E-state index contributed by atoms with van der Waals surface area (Å²) in [6, 6.07) is 10.6. The molecule has 2 aromatic carbocycles. The average Bonchev–Trinajstić information content (AvgIpc) is 2.83. The summed E-state index contributed by atoms with van der Waals surface area (Å²) in [7, 11) is 1.36. The topological polar surface area (TPSA) is 117 Å². The molecule has 10 nitrogen and oxygen atoms in total. The van der Waals surface area contributed by atoms with Crippen LogP contribution in [0.3, 0.4) is 0 Å². The number of hydrogen-bond donors (Lipinski definition) is 1. The van der Waals surface area contributed by atoms with E-state index in [2.05, 4.69) is 20.3 Å². The van der Waals surface area contributed by atoms with Gasteiger partial charge in [0.15, 0.2) is 18.1 Å². The quantitative estimate of drug-likeness (QED) is 0.398. The van der Waals surface area contributed by atoms with Crippen LogP contribution in [0.2, 0.25) is 5.02 Å². The highest BCUT2D eigenvalue weighted by Gasteiger charge is 2.24. The molecule has 1 N–H and O–H groups in total. The van der Waals surface area contributed by atoms with Crippen LogP contribution in [-0.2, 0) is 14.4 Å². The van der Waals surface area contributed by atoms with E-state index in [0.717, 1.165) is 6.33 Å². The number of phenols is 1. The molecule has 2 heterocycles. The van der Waals surface area contributed by atoms with Gasteiger partial charge >= 0.3 is 0 Å². The maximum absolute atomic E-state index is 15.1. The number of ether oxygens (including phenoxy) is 3. The molecule has 0 aliphatic carbocycles. The van der Waals surface area contributed by atoms with Crippen LogP contribution in [0, 0.1) is 5.82 Å². The van der Waals surface area contributed by atoms with Crippen LogP contribution in [0.15, 0.2) is 59.1 Å². The molecule has 12 heteroatoms. The number of nitrogens with zero attached hydrogens (tertiary/aromatic N) is 4. The number of rotatable bonds is 7. The molecule has 1 aliphatic rings. The molecule has 33 heavy (non-hydrogen) atoms. The van der Waals surface area contributed by atoms with Crippen LogP contribution in [0.1, 0.15) is 5.56 Å². The number of aromatic nitrogens is 2. The van der Waals surface area contributed by atoms with E-state index in [1.807, 2.05) is 0 Å². The number of aromatic hydroxyl groups is 1. The highest BCUT2D eigenvalue weighted by molar-refractivity contribution is 6.45. The largest absolute Gasteiger partial charge is 0.508 e. The number of oxime groups is 2. The minimum absolute atomic E-state index is 0.00240. The molecule has 1 aromatic heterocycles. The monoisotopic (exact) mass is 474 g/mol. The van der Waals surface area contributed by atoms with Crippen molar-refractivity contribution in [2.24, 2.45) is 10.3 Å². The maximum atomic E-state index is 15.1. The Hall–Kier alpha value is -4.12. The zero-order chi connectivity index (χ0) is 23.2. The van der Waals surface area contributed by atoms with E-state index in [-0.39, 0.29) is 40.5 Å². The lowest BCUT2D eigenvalue weighted by Gasteiger charge is -2.17. The van der Waals surface area contributed by atoms with Gasteiger partial charge in [-0.2, -0.15) is 14.4 Å². The summed E-state index contributed by atoms with van der Waals surface area (Å²) in [6.07, 6.45) is 1.05. The number of phenolic OH excluding ortho intramolecular Hbond substituents is 1. The van der Waals surface area contributed by atoms with Crippen molar-refractivity contribution in [1.29, 1.82) is 0 Å². The van der Waals surface area contributed by atoms with Crippen molar-refractivity contribution in [3.05, 3.63) is 65.2 Å². The Morgan fingerprint density at radius 3 is 2.58 bits per heavy atom. The minimum Gasteiger partial charge on any atom is -0.508 e. The van der Waals surface area contributed by atoms with Gasteiger partial charge in [-0.1, -0.05) is 28.9 Å². The van der Waals surface area contributed by atoms with E-state index in [9.17, 15) is 5.11 Å². The van der Waals surface area contributed by atoms with Gasteiger partial charge in [-0.15, -0.1) is 0 Å². The molecule has 0 unspecified atom stereocenters. The summed E-state index contributed by atoms with van der Waals surface area (Å²) in [5.74, 6) is -1.74. The summed E-state index contributed by atoms with van der Waals surface area (Å²) in [6.45, 7) is 0.559. The smallest absolute Gasteiger partial charge is 0.280 e. The van der Waals surface area contributed by atoms with Crippen LogP contribution < -0.4 is 9.47 Å². The zero-order valence-corrected chi connectivity index (χ0v) is 17.8. The van der Waals surface area contributed by atoms with Crippen LogP contribution in [0.25, 0.3) is 0 Å². The zero-order valence-electron chi connectivity index (χ0n) is 17.1. The second-order valence-corrected chi connectivity index (χ2v) is 6.72. The Morgan fingerprint density at radius 1 is 1.09 bits per heavy atom. The normalized spacial score (nSPS) is 13.4. The fourth-order valence-corrected chi connectivity index (χ4v) is 2.88. The predicted molar refractivity (Wildman–Crippen MR) is 115 cm³/mol. The first-order valence-corrected chi connectivity index (χ1v) is 9.83. The molecule has 0 saturated heterocycles. The third kappa shape index (κ3) is 5.04. The molecule has 4 rings (SSSR count). The van der Waals surface area contributed by atoms with Crippen LogP contribution in [0.4, 0.5) is 4.39 Å². The summed E-state index contributed by atoms with van der Waals surface area (Å²) < 4.78 is 31.7. The Labute approximate surface area is 191 Å². The lowest BCUT2D eigenvalue weighted by atomic mass is 10.1. The van der Waals surface area contributed by atoms with Crippen molar-refractivity contribution in [2.75, 3.05) is 20.3 Å². The molecule has 170 valence electrons. The van der Waals surface area contributed by atoms with Crippen molar-refractivity contribution in [3.63, 3.8) is 0 Å². The van der Waals surface area contributed by atoms with Gasteiger partial charge in [-0.05, 0) is 29.4 Å². The van der Waals surface area contributed by atoms with Gasteiger partial charge in [0, 0.05) is 6.07 Å². The number of hydrogen-bond acceptors (Lipinski definition) is 10. The van der Waals surface area contributed by atoms with Gasteiger partial charge in [0.25, 0.3) is 17.7 Å². The molecular formula is C21H16ClFN4O6. The summed E-state index contributed by atoms with van der Waals surface area (Å²) >= 11 is 6.04. The van der Waals surface area contributed by atoms with Crippen LogP contribution in [0.5, 0.6) is 29.0 Å². The molecule has 0 amide bonds. The lowest BCUT2D eigenvalue weighted by molar-refractivity contribution is 0.0672. The van der Waals surface area contributed by atoms with Gasteiger partial charge in [-0.3, -0.25) is 0 Å². The van der Waals surface area contributed by atoms with Crippen molar-refractivity contribution in [1.82, 2.24) is 9.97 Å². The van der Waals surface area contributed by atoms with E-state index in [0.29, 0.717) is 12.2 Å². The Balaban J connectivity index is 1.67. The van der Waals surface area contributed by atoms with Crippen molar-refractivity contribution in [3.8, 4) is 29.0 Å². The molecule has 1 aliphatic heterocycles. The first-order valence-electron chi connectivity index (χ1n) is 9.45. The molecule has 0 radical (unpaired) electrons. The Morgan fingerprint density at radius 2 is 1.85 bits per heavy atom. The molecule has 0 atom stereocenters. The van der Waals surface area contributed by atoms with Gasteiger partial charge < -0.3 is 29.0 Å². The van der Waals surface area contributed by atoms with Gasteiger partial charge in [0.1, 0.15) is 31.5 Å². The van der Waals surface area contributed by atoms with Crippen molar-refractivity contribution >= 4 is 23.2 Å².